The number of carbonyl (C=O) groups excluding carboxylic acids is 2. The second-order valence-corrected chi connectivity index (χ2v) is 6.52. The maximum atomic E-state index is 12.3. The summed E-state index contributed by atoms with van der Waals surface area (Å²) in [5.74, 6) is -0.0591. The highest BCUT2D eigenvalue weighted by Crippen LogP contribution is 2.28. The van der Waals surface area contributed by atoms with Crippen molar-refractivity contribution < 1.29 is 14.3 Å². The number of aryl methyl sites for hydroxylation is 1. The van der Waals surface area contributed by atoms with Crippen LogP contribution in [0.15, 0.2) is 47.6 Å². The first-order valence-electron chi connectivity index (χ1n) is 7.57. The Balaban J connectivity index is 1.60. The maximum Gasteiger partial charge on any atom is 0.271 e. The highest BCUT2D eigenvalue weighted by Gasteiger charge is 2.17. The zero-order valence-corrected chi connectivity index (χ0v) is 14.1. The van der Waals surface area contributed by atoms with Gasteiger partial charge in [0.15, 0.2) is 6.61 Å². The number of ether oxygens (including phenoxy) is 1. The number of nitrogens with one attached hydrogen (secondary N) is 2. The van der Waals surface area contributed by atoms with Gasteiger partial charge >= 0.3 is 0 Å². The number of carbonyl (C=O) groups is 2. The largest absolute Gasteiger partial charge is 0.482 e. The van der Waals surface area contributed by atoms with Crippen LogP contribution in [0, 0.1) is 0 Å². The van der Waals surface area contributed by atoms with Crippen molar-refractivity contribution in [1.82, 2.24) is 9.99 Å². The normalized spacial score (nSPS) is 14.0. The summed E-state index contributed by atoms with van der Waals surface area (Å²) in [6.07, 6.45) is 0. The number of nitrogens with zero attached hydrogens (tertiary/aromatic N) is 2. The summed E-state index contributed by atoms with van der Waals surface area (Å²) < 4.78 is 8.29. The average Bonchev–Trinajstić information content (AvgIpc) is 2.95. The summed E-state index contributed by atoms with van der Waals surface area (Å²) in [5, 5.41) is 6.89. The molecule has 0 bridgehead atoms. The van der Waals surface area contributed by atoms with Crippen molar-refractivity contribution in [3.8, 4) is 5.75 Å². The standard InChI is InChI=1S/C17H14N4O3S/c1-21-12-4-2-3-5-14(12)25-17(21)20-19-16(23)10-6-7-13-11(8-10)18-15(22)9-24-13/h2-8H,9H2,1H3,(H,18,22)(H,19,23)/b20-17+. The van der Waals surface area contributed by atoms with E-state index < -0.39 is 0 Å². The van der Waals surface area contributed by atoms with E-state index in [1.54, 1.807) is 18.2 Å². The first kappa shape index (κ1) is 15.4. The predicted octanol–water partition coefficient (Wildman–Crippen LogP) is 1.82. The molecule has 2 N–H and O–H groups in total. The lowest BCUT2D eigenvalue weighted by Crippen LogP contribution is -2.26. The summed E-state index contributed by atoms with van der Waals surface area (Å²) in [5.41, 5.74) is 4.48. The number of para-hydroxylation sites is 1. The third-order valence-electron chi connectivity index (χ3n) is 3.84. The minimum atomic E-state index is -0.361. The fraction of sp³-hybridized carbons (Fsp3) is 0.118. The van der Waals surface area contributed by atoms with E-state index in [0.29, 0.717) is 21.8 Å². The molecule has 4 rings (SSSR count). The molecule has 0 aliphatic carbocycles. The Labute approximate surface area is 146 Å². The van der Waals surface area contributed by atoms with Gasteiger partial charge in [-0.15, -0.1) is 5.10 Å². The molecular weight excluding hydrogens is 340 g/mol. The first-order chi connectivity index (χ1) is 12.1. The number of anilines is 1. The Kier molecular flexibility index (Phi) is 3.73. The van der Waals surface area contributed by atoms with Crippen LogP contribution in [0.25, 0.3) is 10.2 Å². The van der Waals surface area contributed by atoms with Crippen molar-refractivity contribution >= 4 is 39.1 Å². The van der Waals surface area contributed by atoms with E-state index in [1.807, 2.05) is 35.9 Å². The van der Waals surface area contributed by atoms with Gasteiger partial charge in [0.25, 0.3) is 11.8 Å². The molecule has 0 saturated carbocycles. The number of benzene rings is 2. The highest BCUT2D eigenvalue weighted by atomic mass is 32.1. The van der Waals surface area contributed by atoms with Crippen molar-refractivity contribution in [2.45, 2.75) is 0 Å². The molecule has 0 radical (unpaired) electrons. The van der Waals surface area contributed by atoms with Gasteiger partial charge in [-0.1, -0.05) is 23.5 Å². The van der Waals surface area contributed by atoms with Crippen LogP contribution in [0.4, 0.5) is 5.69 Å². The Bertz CT molecular complexity index is 1070. The van der Waals surface area contributed by atoms with Crippen molar-refractivity contribution in [1.29, 1.82) is 0 Å². The van der Waals surface area contributed by atoms with Crippen molar-refractivity contribution in [3.63, 3.8) is 0 Å². The minimum absolute atomic E-state index is 0.0175. The van der Waals surface area contributed by atoms with E-state index in [-0.39, 0.29) is 18.4 Å². The Morgan fingerprint density at radius 3 is 3.00 bits per heavy atom. The molecule has 0 spiro atoms. The number of hydrogen-bond acceptors (Lipinski definition) is 5. The smallest absolute Gasteiger partial charge is 0.271 e. The lowest BCUT2D eigenvalue weighted by Gasteiger charge is -2.18. The number of thiazole rings is 1. The van der Waals surface area contributed by atoms with Crippen LogP contribution in [0.5, 0.6) is 5.75 Å². The fourth-order valence-electron chi connectivity index (χ4n) is 2.58. The average molecular weight is 354 g/mol. The van der Waals surface area contributed by atoms with Crippen LogP contribution >= 0.6 is 11.3 Å². The number of rotatable bonds is 2. The third kappa shape index (κ3) is 2.87. The van der Waals surface area contributed by atoms with Gasteiger partial charge in [0.1, 0.15) is 5.75 Å². The molecule has 8 heteroatoms. The molecule has 1 aromatic heterocycles. The topological polar surface area (TPSA) is 84.7 Å². The zero-order chi connectivity index (χ0) is 17.4. The van der Waals surface area contributed by atoms with Crippen molar-refractivity contribution in [2.75, 3.05) is 11.9 Å². The molecule has 25 heavy (non-hydrogen) atoms. The van der Waals surface area contributed by atoms with Crippen LogP contribution < -0.4 is 20.3 Å². The Morgan fingerprint density at radius 2 is 2.16 bits per heavy atom. The van der Waals surface area contributed by atoms with Gasteiger partial charge in [0.05, 0.1) is 15.9 Å². The van der Waals surface area contributed by atoms with Crippen LogP contribution in [-0.2, 0) is 11.8 Å². The predicted molar refractivity (Wildman–Crippen MR) is 94.4 cm³/mol. The van der Waals surface area contributed by atoms with Crippen LogP contribution in [0.3, 0.4) is 0 Å². The van der Waals surface area contributed by atoms with Crippen molar-refractivity contribution in [2.24, 2.45) is 12.1 Å². The molecule has 126 valence electrons. The SMILES string of the molecule is Cn1/c(=N\NC(=O)c2ccc3c(c2)NC(=O)CO3)sc2ccccc21. The second kappa shape index (κ2) is 6.06. The molecule has 0 atom stereocenters. The van der Waals surface area contributed by atoms with E-state index in [2.05, 4.69) is 15.8 Å². The number of fused-ring (bicyclic) bond motifs is 2. The maximum absolute atomic E-state index is 12.3. The molecule has 1 aliphatic rings. The summed E-state index contributed by atoms with van der Waals surface area (Å²) in [6, 6.07) is 12.8. The molecule has 0 fully saturated rings. The summed E-state index contributed by atoms with van der Waals surface area (Å²) in [6.45, 7) is -0.0175. The van der Waals surface area contributed by atoms with Crippen molar-refractivity contribution in [3.05, 3.63) is 52.8 Å². The van der Waals surface area contributed by atoms with E-state index in [0.717, 1.165) is 10.2 Å². The van der Waals surface area contributed by atoms with E-state index in [9.17, 15) is 9.59 Å². The molecule has 7 nitrogen and oxygen atoms in total. The Morgan fingerprint density at radius 1 is 1.32 bits per heavy atom. The molecule has 3 aromatic rings. The van der Waals surface area contributed by atoms with Gasteiger partial charge < -0.3 is 14.6 Å². The van der Waals surface area contributed by atoms with Crippen LogP contribution in [0.1, 0.15) is 10.4 Å². The molecule has 1 aliphatic heterocycles. The summed E-state index contributed by atoms with van der Waals surface area (Å²) >= 11 is 1.49. The second-order valence-electron chi connectivity index (χ2n) is 5.51. The van der Waals surface area contributed by atoms with Gasteiger partial charge in [-0.25, -0.2) is 5.43 Å². The van der Waals surface area contributed by atoms with Gasteiger partial charge in [0.2, 0.25) is 4.80 Å². The molecule has 2 heterocycles. The fourth-order valence-corrected chi connectivity index (χ4v) is 3.56. The number of aromatic nitrogens is 1. The number of amides is 2. The van der Waals surface area contributed by atoms with E-state index in [1.165, 1.54) is 11.3 Å². The van der Waals surface area contributed by atoms with E-state index >= 15 is 0 Å². The van der Waals surface area contributed by atoms with Gasteiger partial charge in [-0.2, -0.15) is 0 Å². The first-order valence-corrected chi connectivity index (χ1v) is 8.39. The van der Waals surface area contributed by atoms with Gasteiger partial charge in [-0.05, 0) is 30.3 Å². The van der Waals surface area contributed by atoms with Crippen LogP contribution in [0.2, 0.25) is 0 Å². The quantitative estimate of drug-likeness (QED) is 0.689. The zero-order valence-electron chi connectivity index (χ0n) is 13.3. The molecule has 2 aromatic carbocycles. The van der Waals surface area contributed by atoms with Gasteiger partial charge in [0, 0.05) is 12.6 Å². The third-order valence-corrected chi connectivity index (χ3v) is 4.96. The monoisotopic (exact) mass is 354 g/mol. The van der Waals surface area contributed by atoms with Gasteiger partial charge in [-0.3, -0.25) is 9.59 Å². The summed E-state index contributed by atoms with van der Waals surface area (Å²) in [4.78, 5) is 24.4. The summed E-state index contributed by atoms with van der Waals surface area (Å²) in [7, 11) is 1.90. The van der Waals surface area contributed by atoms with Crippen LogP contribution in [-0.4, -0.2) is 23.0 Å². The lowest BCUT2D eigenvalue weighted by molar-refractivity contribution is -0.118. The lowest BCUT2D eigenvalue weighted by atomic mass is 10.1. The molecule has 0 saturated heterocycles. The minimum Gasteiger partial charge on any atom is -0.482 e. The molecule has 2 amide bonds. The number of hydrogen-bond donors (Lipinski definition) is 2. The molecular formula is C17H14N4O3S. The van der Waals surface area contributed by atoms with E-state index in [4.69, 9.17) is 4.74 Å². The Hall–Kier alpha value is -3.13. The molecule has 0 unspecified atom stereocenters. The highest BCUT2D eigenvalue weighted by molar-refractivity contribution is 7.16.